The molecule has 1 aromatic carbocycles. The number of fused-ring (bicyclic) bond motifs is 1. The molecule has 2 heteroatoms. The van der Waals surface area contributed by atoms with Crippen molar-refractivity contribution in [3.63, 3.8) is 0 Å². The zero-order chi connectivity index (χ0) is 11.9. The Bertz CT molecular complexity index is 390. The lowest BCUT2D eigenvalue weighted by Crippen LogP contribution is -2.31. The quantitative estimate of drug-likeness (QED) is 0.702. The molecule has 0 saturated heterocycles. The number of nitrogens with one attached hydrogen (secondary N) is 1. The van der Waals surface area contributed by atoms with Crippen LogP contribution in [-0.2, 0) is 5.41 Å². The molecule has 1 aliphatic rings. The normalized spacial score (nSPS) is 24.8. The van der Waals surface area contributed by atoms with Crippen LogP contribution < -0.4 is 11.1 Å². The predicted octanol–water partition coefficient (Wildman–Crippen LogP) is 3.05. The highest BCUT2D eigenvalue weighted by atomic mass is 14.9. The molecule has 16 heavy (non-hydrogen) atoms. The van der Waals surface area contributed by atoms with Crippen LogP contribution in [0.5, 0.6) is 0 Å². The first-order valence-corrected chi connectivity index (χ1v) is 6.03. The molecule has 2 nitrogen and oxygen atoms in total. The lowest BCUT2D eigenvalue weighted by atomic mass is 9.82. The summed E-state index contributed by atoms with van der Waals surface area (Å²) in [7, 11) is 0. The average Bonchev–Trinajstić information content (AvgIpc) is 2.22. The number of benzene rings is 1. The van der Waals surface area contributed by atoms with E-state index in [-0.39, 0.29) is 11.5 Å². The molecule has 0 saturated carbocycles. The van der Waals surface area contributed by atoms with Gasteiger partial charge in [-0.05, 0) is 28.5 Å². The van der Waals surface area contributed by atoms with Crippen molar-refractivity contribution in [3.05, 3.63) is 29.3 Å². The fraction of sp³-hybridized carbons (Fsp3) is 0.571. The van der Waals surface area contributed by atoms with E-state index in [1.54, 1.807) is 0 Å². The maximum Gasteiger partial charge on any atom is 0.0389 e. The zero-order valence-corrected chi connectivity index (χ0v) is 10.7. The molecule has 88 valence electrons. The molecule has 3 N–H and O–H groups in total. The molecule has 0 amide bonds. The first kappa shape index (κ1) is 11.5. The fourth-order valence-corrected chi connectivity index (χ4v) is 2.17. The largest absolute Gasteiger partial charge is 0.384 e. The second-order valence-corrected chi connectivity index (χ2v) is 5.94. The molecule has 1 heterocycles. The third-order valence-corrected chi connectivity index (χ3v) is 3.50. The third-order valence-electron chi connectivity index (χ3n) is 3.50. The van der Waals surface area contributed by atoms with Crippen molar-refractivity contribution < 1.29 is 0 Å². The highest BCUT2D eigenvalue weighted by molar-refractivity contribution is 5.57. The van der Waals surface area contributed by atoms with Crippen LogP contribution in [0.25, 0.3) is 0 Å². The second-order valence-electron chi connectivity index (χ2n) is 5.94. The van der Waals surface area contributed by atoms with Crippen LogP contribution in [0.15, 0.2) is 18.2 Å². The Morgan fingerprint density at radius 2 is 2.00 bits per heavy atom. The molecular formula is C14H22N2. The Morgan fingerprint density at radius 3 is 2.62 bits per heavy atom. The number of hydrogen-bond acceptors (Lipinski definition) is 2. The number of nitrogens with two attached hydrogens (primary N) is 1. The highest BCUT2D eigenvalue weighted by Crippen LogP contribution is 2.35. The van der Waals surface area contributed by atoms with E-state index in [0.717, 1.165) is 6.54 Å². The molecule has 0 spiro atoms. The van der Waals surface area contributed by atoms with Crippen LogP contribution in [0.3, 0.4) is 0 Å². The molecular weight excluding hydrogens is 196 g/mol. The van der Waals surface area contributed by atoms with Gasteiger partial charge in [0.15, 0.2) is 0 Å². The fourth-order valence-electron chi connectivity index (χ4n) is 2.17. The Balaban J connectivity index is 2.45. The minimum Gasteiger partial charge on any atom is -0.384 e. The molecule has 0 aliphatic carbocycles. The maximum absolute atomic E-state index is 6.26. The minimum absolute atomic E-state index is 0.165. The lowest BCUT2D eigenvalue weighted by Gasteiger charge is -2.31. The third kappa shape index (κ3) is 1.94. The summed E-state index contributed by atoms with van der Waals surface area (Å²) >= 11 is 0. The lowest BCUT2D eigenvalue weighted by molar-refractivity contribution is 0.477. The second kappa shape index (κ2) is 3.77. The summed E-state index contributed by atoms with van der Waals surface area (Å²) in [6, 6.07) is 6.80. The molecule has 2 atom stereocenters. The molecule has 2 rings (SSSR count). The van der Waals surface area contributed by atoms with Gasteiger partial charge in [0.1, 0.15) is 0 Å². The topological polar surface area (TPSA) is 38.0 Å². The van der Waals surface area contributed by atoms with Gasteiger partial charge in [0.05, 0.1) is 0 Å². The summed E-state index contributed by atoms with van der Waals surface area (Å²) in [6.45, 7) is 9.88. The Kier molecular flexibility index (Phi) is 2.70. The molecule has 1 aliphatic heterocycles. The Morgan fingerprint density at radius 1 is 1.31 bits per heavy atom. The summed E-state index contributed by atoms with van der Waals surface area (Å²) < 4.78 is 0. The monoisotopic (exact) mass is 218 g/mol. The average molecular weight is 218 g/mol. The van der Waals surface area contributed by atoms with Crippen molar-refractivity contribution in [1.82, 2.24) is 0 Å². The number of anilines is 1. The van der Waals surface area contributed by atoms with E-state index in [4.69, 9.17) is 5.73 Å². The van der Waals surface area contributed by atoms with Gasteiger partial charge < -0.3 is 11.1 Å². The minimum atomic E-state index is 0.165. The van der Waals surface area contributed by atoms with Crippen molar-refractivity contribution in [2.24, 2.45) is 11.7 Å². The highest BCUT2D eigenvalue weighted by Gasteiger charge is 2.25. The van der Waals surface area contributed by atoms with Gasteiger partial charge in [-0.15, -0.1) is 0 Å². The van der Waals surface area contributed by atoms with E-state index in [0.29, 0.717) is 5.92 Å². The summed E-state index contributed by atoms with van der Waals surface area (Å²) in [5.41, 5.74) is 10.3. The SMILES string of the molecule is CC1CNc2ccc(C(C)(C)C)cc2C1N. The smallest absolute Gasteiger partial charge is 0.0389 e. The zero-order valence-electron chi connectivity index (χ0n) is 10.7. The van der Waals surface area contributed by atoms with Gasteiger partial charge in [0.25, 0.3) is 0 Å². The van der Waals surface area contributed by atoms with E-state index in [2.05, 4.69) is 51.2 Å². The van der Waals surface area contributed by atoms with E-state index < -0.39 is 0 Å². The standard InChI is InChI=1S/C14H22N2/c1-9-8-16-12-6-5-10(14(2,3)4)7-11(12)13(9)15/h5-7,9,13,16H,8,15H2,1-4H3. The van der Waals surface area contributed by atoms with Crippen LogP contribution in [-0.4, -0.2) is 6.54 Å². The van der Waals surface area contributed by atoms with Gasteiger partial charge in [-0.1, -0.05) is 39.8 Å². The van der Waals surface area contributed by atoms with Crippen molar-refractivity contribution in [3.8, 4) is 0 Å². The molecule has 0 fully saturated rings. The van der Waals surface area contributed by atoms with Gasteiger partial charge in [-0.25, -0.2) is 0 Å². The van der Waals surface area contributed by atoms with Crippen molar-refractivity contribution in [1.29, 1.82) is 0 Å². The molecule has 1 aromatic rings. The Labute approximate surface area is 98.2 Å². The predicted molar refractivity (Wildman–Crippen MR) is 69.7 cm³/mol. The van der Waals surface area contributed by atoms with Crippen molar-refractivity contribution in [2.45, 2.75) is 39.2 Å². The maximum atomic E-state index is 6.26. The molecule has 0 radical (unpaired) electrons. The van der Waals surface area contributed by atoms with Crippen LogP contribution in [0.2, 0.25) is 0 Å². The first-order chi connectivity index (χ1) is 7.39. The van der Waals surface area contributed by atoms with Gasteiger partial charge in [-0.2, -0.15) is 0 Å². The van der Waals surface area contributed by atoms with Gasteiger partial charge in [-0.3, -0.25) is 0 Å². The number of hydrogen-bond donors (Lipinski definition) is 2. The van der Waals surface area contributed by atoms with Crippen LogP contribution >= 0.6 is 0 Å². The van der Waals surface area contributed by atoms with Crippen molar-refractivity contribution >= 4 is 5.69 Å². The van der Waals surface area contributed by atoms with Crippen LogP contribution in [0.1, 0.15) is 44.9 Å². The van der Waals surface area contributed by atoms with Gasteiger partial charge >= 0.3 is 0 Å². The van der Waals surface area contributed by atoms with E-state index >= 15 is 0 Å². The summed E-state index contributed by atoms with van der Waals surface area (Å²) in [4.78, 5) is 0. The number of rotatable bonds is 0. The van der Waals surface area contributed by atoms with E-state index in [9.17, 15) is 0 Å². The van der Waals surface area contributed by atoms with Gasteiger partial charge in [0.2, 0.25) is 0 Å². The molecule has 2 unspecified atom stereocenters. The molecule has 0 aromatic heterocycles. The van der Waals surface area contributed by atoms with E-state index in [1.807, 2.05) is 0 Å². The summed E-state index contributed by atoms with van der Waals surface area (Å²) in [6.07, 6.45) is 0. The van der Waals surface area contributed by atoms with E-state index in [1.165, 1.54) is 16.8 Å². The summed E-state index contributed by atoms with van der Waals surface area (Å²) in [5.74, 6) is 0.503. The summed E-state index contributed by atoms with van der Waals surface area (Å²) in [5, 5.41) is 3.44. The molecule has 0 bridgehead atoms. The Hall–Kier alpha value is -1.02. The van der Waals surface area contributed by atoms with Gasteiger partial charge in [0, 0.05) is 18.3 Å². The van der Waals surface area contributed by atoms with Crippen LogP contribution in [0, 0.1) is 5.92 Å². The van der Waals surface area contributed by atoms with Crippen LogP contribution in [0.4, 0.5) is 5.69 Å². The first-order valence-electron chi connectivity index (χ1n) is 6.03. The van der Waals surface area contributed by atoms with Crippen molar-refractivity contribution in [2.75, 3.05) is 11.9 Å².